The van der Waals surface area contributed by atoms with E-state index in [0.717, 1.165) is 4.90 Å². The molecule has 2 amide bonds. The van der Waals surface area contributed by atoms with Crippen molar-refractivity contribution < 1.29 is 33.8 Å². The molecular formula is C24H22N2O7. The van der Waals surface area contributed by atoms with Crippen LogP contribution in [0.2, 0.25) is 0 Å². The lowest BCUT2D eigenvalue weighted by Crippen LogP contribution is -2.29. The van der Waals surface area contributed by atoms with E-state index in [1.165, 1.54) is 33.1 Å². The van der Waals surface area contributed by atoms with E-state index in [2.05, 4.69) is 0 Å². The van der Waals surface area contributed by atoms with Gasteiger partial charge in [-0.05, 0) is 43.7 Å². The van der Waals surface area contributed by atoms with E-state index in [9.17, 15) is 24.3 Å². The molecule has 1 heterocycles. The van der Waals surface area contributed by atoms with Gasteiger partial charge in [0.25, 0.3) is 11.8 Å². The van der Waals surface area contributed by atoms with E-state index in [1.54, 1.807) is 30.3 Å². The van der Waals surface area contributed by atoms with Gasteiger partial charge in [-0.3, -0.25) is 19.3 Å². The van der Waals surface area contributed by atoms with Gasteiger partial charge in [0.15, 0.2) is 5.78 Å². The second kappa shape index (κ2) is 9.47. The molecule has 0 aliphatic carbocycles. The number of fused-ring (bicyclic) bond motifs is 1. The van der Waals surface area contributed by atoms with Crippen molar-refractivity contribution >= 4 is 29.3 Å². The highest BCUT2D eigenvalue weighted by molar-refractivity contribution is 6.21. The number of Topliss-reactive ketones (excluding diaryl/α,β-unsaturated/α-hetero) is 1. The zero-order valence-corrected chi connectivity index (χ0v) is 18.3. The minimum absolute atomic E-state index is 0.00959. The van der Waals surface area contributed by atoms with Crippen LogP contribution in [0, 0.1) is 5.41 Å². The highest BCUT2D eigenvalue weighted by atomic mass is 16.5. The Hall–Kier alpha value is -4.27. The number of nitrogens with zero attached hydrogens (tertiary/aromatic N) is 1. The van der Waals surface area contributed by atoms with E-state index in [4.69, 9.17) is 14.9 Å². The summed E-state index contributed by atoms with van der Waals surface area (Å²) in [5.41, 5.74) is 0.749. The van der Waals surface area contributed by atoms with Crippen LogP contribution < -0.4 is 4.74 Å². The van der Waals surface area contributed by atoms with Gasteiger partial charge >= 0.3 is 5.97 Å². The van der Waals surface area contributed by atoms with Gasteiger partial charge in [-0.2, -0.15) is 0 Å². The molecule has 9 nitrogen and oxygen atoms in total. The monoisotopic (exact) mass is 450 g/mol. The van der Waals surface area contributed by atoms with Crippen molar-refractivity contribution in [2.75, 3.05) is 13.7 Å². The first kappa shape index (κ1) is 23.4. The SMILES string of the molecule is COc1ccc(CN2C(=O)c3ccccc3C2=O)cc1C(=O)OC/C(O)=C(\C(C)=N)C(C)=O. The summed E-state index contributed by atoms with van der Waals surface area (Å²) < 4.78 is 10.3. The Morgan fingerprint density at radius 2 is 1.64 bits per heavy atom. The van der Waals surface area contributed by atoms with Crippen molar-refractivity contribution in [2.45, 2.75) is 20.4 Å². The number of ketones is 1. The summed E-state index contributed by atoms with van der Waals surface area (Å²) in [6.07, 6.45) is 0. The first-order valence-electron chi connectivity index (χ1n) is 9.93. The molecule has 0 atom stereocenters. The van der Waals surface area contributed by atoms with Gasteiger partial charge in [-0.15, -0.1) is 0 Å². The van der Waals surface area contributed by atoms with Gasteiger partial charge < -0.3 is 20.0 Å². The molecule has 33 heavy (non-hydrogen) atoms. The highest BCUT2D eigenvalue weighted by Gasteiger charge is 2.35. The van der Waals surface area contributed by atoms with Crippen LogP contribution in [0.1, 0.15) is 50.5 Å². The minimum Gasteiger partial charge on any atom is -0.508 e. The number of nitrogens with one attached hydrogen (secondary N) is 1. The Labute approximate surface area is 189 Å². The van der Waals surface area contributed by atoms with Crippen LogP contribution >= 0.6 is 0 Å². The van der Waals surface area contributed by atoms with Crippen molar-refractivity contribution in [3.63, 3.8) is 0 Å². The van der Waals surface area contributed by atoms with Crippen molar-refractivity contribution in [3.8, 4) is 5.75 Å². The number of carbonyl (C=O) groups excluding carboxylic acids is 4. The first-order chi connectivity index (χ1) is 15.6. The zero-order valence-electron chi connectivity index (χ0n) is 18.3. The number of esters is 1. The fourth-order valence-corrected chi connectivity index (χ4v) is 3.55. The Bertz CT molecular complexity index is 1160. The van der Waals surface area contributed by atoms with Crippen LogP contribution in [0.15, 0.2) is 53.8 Å². The fraction of sp³-hybridized carbons (Fsp3) is 0.208. The zero-order chi connectivity index (χ0) is 24.3. The summed E-state index contributed by atoms with van der Waals surface area (Å²) in [5.74, 6) is -2.59. The molecule has 0 aromatic heterocycles. The Morgan fingerprint density at radius 1 is 1.03 bits per heavy atom. The molecular weight excluding hydrogens is 428 g/mol. The molecule has 0 fully saturated rings. The highest BCUT2D eigenvalue weighted by Crippen LogP contribution is 2.27. The van der Waals surface area contributed by atoms with Crippen LogP contribution in [-0.4, -0.2) is 53.0 Å². The van der Waals surface area contributed by atoms with Crippen molar-refractivity contribution in [2.24, 2.45) is 0 Å². The summed E-state index contributed by atoms with van der Waals surface area (Å²) in [6, 6.07) is 11.1. The number of carbonyl (C=O) groups is 4. The maximum atomic E-state index is 12.7. The third-order valence-electron chi connectivity index (χ3n) is 5.06. The van der Waals surface area contributed by atoms with E-state index < -0.39 is 35.9 Å². The predicted molar refractivity (Wildman–Crippen MR) is 118 cm³/mol. The predicted octanol–water partition coefficient (Wildman–Crippen LogP) is 3.09. The van der Waals surface area contributed by atoms with Crippen molar-refractivity contribution in [3.05, 3.63) is 76.1 Å². The summed E-state index contributed by atoms with van der Waals surface area (Å²) >= 11 is 0. The number of hydrogen-bond donors (Lipinski definition) is 2. The molecule has 1 aliphatic heterocycles. The van der Waals surface area contributed by atoms with E-state index >= 15 is 0 Å². The average Bonchev–Trinajstić information content (AvgIpc) is 3.02. The molecule has 170 valence electrons. The maximum absolute atomic E-state index is 12.7. The molecule has 2 aromatic rings. The number of rotatable bonds is 8. The molecule has 3 rings (SSSR count). The van der Waals surface area contributed by atoms with Gasteiger partial charge in [0, 0.05) is 5.71 Å². The van der Waals surface area contributed by atoms with E-state index in [-0.39, 0.29) is 29.1 Å². The van der Waals surface area contributed by atoms with Crippen LogP contribution in [-0.2, 0) is 16.1 Å². The number of methoxy groups -OCH3 is 1. The van der Waals surface area contributed by atoms with Crippen molar-refractivity contribution in [1.29, 1.82) is 5.41 Å². The summed E-state index contributed by atoms with van der Waals surface area (Å²) in [4.78, 5) is 50.6. The second-order valence-corrected chi connectivity index (χ2v) is 7.36. The average molecular weight is 450 g/mol. The molecule has 0 spiro atoms. The number of aliphatic hydroxyl groups is 1. The number of ether oxygens (including phenoxy) is 2. The Morgan fingerprint density at radius 3 is 2.15 bits per heavy atom. The van der Waals surface area contributed by atoms with Gasteiger partial charge in [0.05, 0.1) is 30.4 Å². The molecule has 0 unspecified atom stereocenters. The minimum atomic E-state index is -0.854. The maximum Gasteiger partial charge on any atom is 0.342 e. The van der Waals surface area contributed by atoms with E-state index in [0.29, 0.717) is 16.7 Å². The molecule has 2 N–H and O–H groups in total. The third kappa shape index (κ3) is 4.67. The third-order valence-corrected chi connectivity index (χ3v) is 5.06. The molecule has 1 aliphatic rings. The first-order valence-corrected chi connectivity index (χ1v) is 9.93. The van der Waals surface area contributed by atoms with Crippen LogP contribution in [0.5, 0.6) is 5.75 Å². The molecule has 2 aromatic carbocycles. The number of allylic oxidation sites excluding steroid dienone is 1. The smallest absolute Gasteiger partial charge is 0.342 e. The topological polar surface area (TPSA) is 134 Å². The molecule has 0 bridgehead atoms. The van der Waals surface area contributed by atoms with Gasteiger partial charge in [0.2, 0.25) is 0 Å². The van der Waals surface area contributed by atoms with Gasteiger partial charge in [0.1, 0.15) is 23.7 Å². The molecule has 0 saturated carbocycles. The molecule has 0 saturated heterocycles. The summed E-state index contributed by atoms with van der Waals surface area (Å²) in [5, 5.41) is 17.7. The Kier molecular flexibility index (Phi) is 6.72. The molecule has 0 radical (unpaired) electrons. The lowest BCUT2D eigenvalue weighted by Gasteiger charge is -2.16. The lowest BCUT2D eigenvalue weighted by molar-refractivity contribution is -0.113. The molecule has 9 heteroatoms. The lowest BCUT2D eigenvalue weighted by atomic mass is 10.1. The standard InChI is InChI=1S/C24H22N2O7/c1-13(25)21(14(2)27)19(28)12-33-24(31)18-10-15(8-9-20(18)32-3)11-26-22(29)16-6-4-5-7-17(16)23(26)30/h4-10,25,28H,11-12H2,1-3H3/b21-19-,25-13?. The van der Waals surface area contributed by atoms with Crippen LogP contribution in [0.25, 0.3) is 0 Å². The number of hydrogen-bond acceptors (Lipinski definition) is 8. The number of amides is 2. The van der Waals surface area contributed by atoms with Crippen molar-refractivity contribution in [1.82, 2.24) is 4.90 Å². The Balaban J connectivity index is 1.82. The largest absolute Gasteiger partial charge is 0.508 e. The second-order valence-electron chi connectivity index (χ2n) is 7.36. The fourth-order valence-electron chi connectivity index (χ4n) is 3.55. The van der Waals surface area contributed by atoms with Crippen LogP contribution in [0.4, 0.5) is 0 Å². The van der Waals surface area contributed by atoms with E-state index in [1.807, 2.05) is 0 Å². The normalized spacial score (nSPS) is 13.4. The number of aliphatic hydroxyl groups excluding tert-OH is 1. The number of imide groups is 1. The van der Waals surface area contributed by atoms with Crippen LogP contribution in [0.3, 0.4) is 0 Å². The summed E-state index contributed by atoms with van der Waals surface area (Å²) in [6.45, 7) is 1.84. The van der Waals surface area contributed by atoms with Gasteiger partial charge in [-0.25, -0.2) is 4.79 Å². The van der Waals surface area contributed by atoms with Gasteiger partial charge in [-0.1, -0.05) is 18.2 Å². The summed E-state index contributed by atoms with van der Waals surface area (Å²) in [7, 11) is 1.36. The number of benzene rings is 2. The quantitative estimate of drug-likeness (QED) is 0.207.